The van der Waals surface area contributed by atoms with Crippen molar-refractivity contribution in [1.82, 2.24) is 14.8 Å². The second-order valence-electron chi connectivity index (χ2n) is 4.24. The number of rotatable bonds is 3. The van der Waals surface area contributed by atoms with Crippen molar-refractivity contribution in [3.63, 3.8) is 0 Å². The third-order valence-corrected chi connectivity index (χ3v) is 5.00. The number of H-pyrrole nitrogens is 1. The van der Waals surface area contributed by atoms with Crippen LogP contribution in [0.5, 0.6) is 0 Å². The van der Waals surface area contributed by atoms with Crippen LogP contribution in [0.1, 0.15) is 32.1 Å². The third kappa shape index (κ3) is 2.45. The largest absolute Gasteiger partial charge is 0.305 e. The number of hydrogen-bond acceptors (Lipinski definition) is 3. The number of thioether (sulfide) groups is 1. The van der Waals surface area contributed by atoms with E-state index in [1.54, 1.807) is 0 Å². The first-order valence-corrected chi connectivity index (χ1v) is 7.04. The summed E-state index contributed by atoms with van der Waals surface area (Å²) >= 11 is 7.18. The summed E-state index contributed by atoms with van der Waals surface area (Å²) in [6.07, 6.45) is 10.7. The van der Waals surface area contributed by atoms with Crippen LogP contribution in [0.3, 0.4) is 0 Å². The van der Waals surface area contributed by atoms with Gasteiger partial charge in [0.05, 0.1) is 0 Å². The van der Waals surface area contributed by atoms with E-state index in [0.29, 0.717) is 4.75 Å². The molecule has 1 N–H and O–H groups in total. The Bertz CT molecular complexity index is 363. The normalized spacial score (nSPS) is 20.3. The van der Waals surface area contributed by atoms with Gasteiger partial charge in [-0.2, -0.15) is 16.9 Å². The molecule has 0 amide bonds. The monoisotopic (exact) mass is 243 g/mol. The average molecular weight is 243 g/mol. The van der Waals surface area contributed by atoms with Crippen molar-refractivity contribution < 1.29 is 0 Å². The van der Waals surface area contributed by atoms with Gasteiger partial charge >= 0.3 is 0 Å². The van der Waals surface area contributed by atoms with Gasteiger partial charge < -0.3 is 4.57 Å². The molecule has 0 saturated heterocycles. The van der Waals surface area contributed by atoms with E-state index in [0.717, 1.165) is 11.3 Å². The molecule has 1 fully saturated rings. The molecular formula is C10H17N3S2. The maximum atomic E-state index is 5.19. The molecule has 0 atom stereocenters. The molecular weight excluding hydrogens is 226 g/mol. The van der Waals surface area contributed by atoms with Crippen LogP contribution in [-0.4, -0.2) is 25.8 Å². The molecule has 0 radical (unpaired) electrons. The van der Waals surface area contributed by atoms with E-state index in [1.807, 2.05) is 18.1 Å². The number of aromatic amines is 1. The van der Waals surface area contributed by atoms with Gasteiger partial charge in [0.15, 0.2) is 4.77 Å². The molecule has 5 heteroatoms. The fraction of sp³-hybridized carbons (Fsp3) is 0.800. The van der Waals surface area contributed by atoms with Crippen molar-refractivity contribution in [2.75, 3.05) is 6.26 Å². The zero-order valence-corrected chi connectivity index (χ0v) is 10.7. The lowest BCUT2D eigenvalue weighted by Gasteiger charge is -2.35. The predicted molar refractivity (Wildman–Crippen MR) is 66.7 cm³/mol. The van der Waals surface area contributed by atoms with Crippen LogP contribution in [-0.2, 0) is 6.54 Å². The maximum Gasteiger partial charge on any atom is 0.194 e. The van der Waals surface area contributed by atoms with Gasteiger partial charge in [-0.05, 0) is 31.3 Å². The highest BCUT2D eigenvalue weighted by Crippen LogP contribution is 2.39. The molecule has 0 bridgehead atoms. The van der Waals surface area contributed by atoms with Crippen LogP contribution in [0.2, 0.25) is 0 Å². The first-order valence-electron chi connectivity index (χ1n) is 5.41. The molecule has 15 heavy (non-hydrogen) atoms. The molecule has 2 rings (SSSR count). The van der Waals surface area contributed by atoms with Gasteiger partial charge in [-0.3, -0.25) is 5.10 Å². The van der Waals surface area contributed by atoms with Gasteiger partial charge in [-0.15, -0.1) is 0 Å². The van der Waals surface area contributed by atoms with Crippen molar-refractivity contribution in [2.24, 2.45) is 0 Å². The highest BCUT2D eigenvalue weighted by molar-refractivity contribution is 8.00. The smallest absolute Gasteiger partial charge is 0.194 e. The predicted octanol–water partition coefficient (Wildman–Crippen LogP) is 3.01. The van der Waals surface area contributed by atoms with Crippen LogP contribution in [0.25, 0.3) is 0 Å². The molecule has 1 aromatic rings. The van der Waals surface area contributed by atoms with E-state index in [9.17, 15) is 0 Å². The zero-order valence-electron chi connectivity index (χ0n) is 9.03. The van der Waals surface area contributed by atoms with Crippen molar-refractivity contribution in [1.29, 1.82) is 0 Å². The van der Waals surface area contributed by atoms with E-state index in [1.165, 1.54) is 32.1 Å². The van der Waals surface area contributed by atoms with Crippen molar-refractivity contribution in [3.8, 4) is 0 Å². The Morgan fingerprint density at radius 1 is 1.53 bits per heavy atom. The molecule has 0 aromatic carbocycles. The summed E-state index contributed by atoms with van der Waals surface area (Å²) in [7, 11) is 0. The van der Waals surface area contributed by atoms with Crippen molar-refractivity contribution in [2.45, 2.75) is 43.4 Å². The maximum absolute atomic E-state index is 5.19. The Kier molecular flexibility index (Phi) is 3.51. The van der Waals surface area contributed by atoms with Crippen molar-refractivity contribution in [3.05, 3.63) is 11.1 Å². The Morgan fingerprint density at radius 2 is 2.27 bits per heavy atom. The first kappa shape index (κ1) is 11.2. The summed E-state index contributed by atoms with van der Waals surface area (Å²) in [4.78, 5) is 0. The van der Waals surface area contributed by atoms with E-state index in [-0.39, 0.29) is 0 Å². The Morgan fingerprint density at radius 3 is 2.80 bits per heavy atom. The quantitative estimate of drug-likeness (QED) is 0.829. The van der Waals surface area contributed by atoms with Crippen LogP contribution in [0, 0.1) is 4.77 Å². The molecule has 3 nitrogen and oxygen atoms in total. The first-order chi connectivity index (χ1) is 7.26. The topological polar surface area (TPSA) is 33.6 Å². The van der Waals surface area contributed by atoms with Crippen molar-refractivity contribution >= 4 is 24.0 Å². The fourth-order valence-corrected chi connectivity index (χ4v) is 3.45. The van der Waals surface area contributed by atoms with Gasteiger partial charge in [-0.25, -0.2) is 0 Å². The molecule has 0 aliphatic heterocycles. The number of aromatic nitrogens is 3. The summed E-state index contributed by atoms with van der Waals surface area (Å²) in [5.41, 5.74) is 0. The van der Waals surface area contributed by atoms with E-state index < -0.39 is 0 Å². The third-order valence-electron chi connectivity index (χ3n) is 3.27. The number of nitrogens with one attached hydrogen (secondary N) is 1. The van der Waals surface area contributed by atoms with Gasteiger partial charge in [0, 0.05) is 11.3 Å². The molecule has 1 aliphatic carbocycles. The zero-order chi connectivity index (χ0) is 10.7. The summed E-state index contributed by atoms with van der Waals surface area (Å²) in [5.74, 6) is 0. The second-order valence-corrected chi connectivity index (χ2v) is 5.90. The molecule has 1 heterocycles. The molecule has 0 spiro atoms. The minimum Gasteiger partial charge on any atom is -0.305 e. The fourth-order valence-electron chi connectivity index (χ4n) is 2.32. The number of nitrogens with zero attached hydrogens (tertiary/aromatic N) is 2. The molecule has 1 aromatic heterocycles. The van der Waals surface area contributed by atoms with Gasteiger partial charge in [0.2, 0.25) is 0 Å². The SMILES string of the molecule is CSC1(Cn2cn[nH]c2=S)CCCCC1. The minimum atomic E-state index is 0.389. The Labute approximate surface area is 99.7 Å². The van der Waals surface area contributed by atoms with Crippen LogP contribution in [0.4, 0.5) is 0 Å². The van der Waals surface area contributed by atoms with Crippen LogP contribution >= 0.6 is 24.0 Å². The van der Waals surface area contributed by atoms with Gasteiger partial charge in [0.1, 0.15) is 6.33 Å². The molecule has 0 unspecified atom stereocenters. The van der Waals surface area contributed by atoms with Gasteiger partial charge in [-0.1, -0.05) is 19.3 Å². The van der Waals surface area contributed by atoms with E-state index in [4.69, 9.17) is 12.2 Å². The summed E-state index contributed by atoms with van der Waals surface area (Å²) in [6.45, 7) is 1.00. The molecule has 84 valence electrons. The lowest BCUT2D eigenvalue weighted by Crippen LogP contribution is -2.32. The Balaban J connectivity index is 2.14. The van der Waals surface area contributed by atoms with Gasteiger partial charge in [0.25, 0.3) is 0 Å². The molecule has 1 aliphatic rings. The summed E-state index contributed by atoms with van der Waals surface area (Å²) in [6, 6.07) is 0. The number of hydrogen-bond donors (Lipinski definition) is 1. The van der Waals surface area contributed by atoms with Crippen LogP contribution in [0.15, 0.2) is 6.33 Å². The van der Waals surface area contributed by atoms with E-state index >= 15 is 0 Å². The molecule has 1 saturated carbocycles. The highest BCUT2D eigenvalue weighted by Gasteiger charge is 2.31. The standard InChI is InChI=1S/C10H17N3S2/c1-15-10(5-3-2-4-6-10)7-13-8-11-12-9(13)14/h8H,2-7H2,1H3,(H,12,14). The lowest BCUT2D eigenvalue weighted by atomic mass is 9.88. The second kappa shape index (κ2) is 4.70. The lowest BCUT2D eigenvalue weighted by molar-refractivity contribution is 0.357. The minimum absolute atomic E-state index is 0.389. The highest BCUT2D eigenvalue weighted by atomic mass is 32.2. The summed E-state index contributed by atoms with van der Waals surface area (Å²) < 4.78 is 3.20. The van der Waals surface area contributed by atoms with E-state index in [2.05, 4.69) is 21.0 Å². The Hall–Kier alpha value is -0.290. The average Bonchev–Trinajstić information content (AvgIpc) is 2.66. The summed E-state index contributed by atoms with van der Waals surface area (Å²) in [5, 5.41) is 6.80. The van der Waals surface area contributed by atoms with Crippen LogP contribution < -0.4 is 0 Å².